The van der Waals surface area contributed by atoms with Gasteiger partial charge in [-0.15, -0.1) is 0 Å². The summed E-state index contributed by atoms with van der Waals surface area (Å²) < 4.78 is 0. The molecule has 1 aromatic carbocycles. The largest absolute Gasteiger partial charge is 0.326 e. The predicted octanol–water partition coefficient (Wildman–Crippen LogP) is 2.83. The Morgan fingerprint density at radius 3 is 2.08 bits per heavy atom. The summed E-state index contributed by atoms with van der Waals surface area (Å²) in [4.78, 5) is 0. The molecule has 0 heterocycles. The molecule has 0 amide bonds. The van der Waals surface area contributed by atoms with E-state index in [-0.39, 0.29) is 5.41 Å². The van der Waals surface area contributed by atoms with Crippen molar-refractivity contribution < 1.29 is 0 Å². The van der Waals surface area contributed by atoms with Gasteiger partial charge in [0.25, 0.3) is 0 Å². The lowest BCUT2D eigenvalue weighted by atomic mass is 9.82. The number of benzene rings is 1. The highest BCUT2D eigenvalue weighted by Gasteiger charge is 2.16. The van der Waals surface area contributed by atoms with E-state index in [1.807, 2.05) is 0 Å². The quantitative estimate of drug-likeness (QED) is 0.755. The fourth-order valence-corrected chi connectivity index (χ4v) is 1.30. The lowest BCUT2D eigenvalue weighted by molar-refractivity contribution is 0.506. The minimum absolute atomic E-state index is 0.285. The second kappa shape index (κ2) is 3.93. The van der Waals surface area contributed by atoms with E-state index >= 15 is 0 Å². The van der Waals surface area contributed by atoms with E-state index in [4.69, 9.17) is 5.73 Å². The monoisotopic (exact) mass is 177 g/mol. The maximum atomic E-state index is 5.54. The zero-order chi connectivity index (χ0) is 9.90. The molecule has 1 aromatic rings. The summed E-state index contributed by atoms with van der Waals surface area (Å²) in [5, 5.41) is 0. The van der Waals surface area contributed by atoms with Crippen LogP contribution in [0.4, 0.5) is 0 Å². The Morgan fingerprint density at radius 1 is 1.15 bits per heavy atom. The SMILES string of the molecule is CCC(C)(C)c1ccc(CN)cc1. The second-order valence-corrected chi connectivity index (χ2v) is 4.14. The van der Waals surface area contributed by atoms with Crippen LogP contribution < -0.4 is 5.73 Å². The zero-order valence-corrected chi connectivity index (χ0v) is 8.80. The van der Waals surface area contributed by atoms with Crippen molar-refractivity contribution in [3.05, 3.63) is 35.4 Å². The van der Waals surface area contributed by atoms with E-state index in [1.165, 1.54) is 11.1 Å². The Labute approximate surface area is 81.0 Å². The van der Waals surface area contributed by atoms with Crippen LogP contribution in [-0.4, -0.2) is 0 Å². The summed E-state index contributed by atoms with van der Waals surface area (Å²) in [5.74, 6) is 0. The zero-order valence-electron chi connectivity index (χ0n) is 8.80. The minimum Gasteiger partial charge on any atom is -0.326 e. The summed E-state index contributed by atoms with van der Waals surface area (Å²) in [5.41, 5.74) is 8.43. The molecule has 0 aliphatic rings. The molecule has 0 fully saturated rings. The van der Waals surface area contributed by atoms with Crippen LogP contribution in [-0.2, 0) is 12.0 Å². The molecular weight excluding hydrogens is 158 g/mol. The van der Waals surface area contributed by atoms with Gasteiger partial charge in [-0.25, -0.2) is 0 Å². The molecule has 0 aliphatic carbocycles. The van der Waals surface area contributed by atoms with Gasteiger partial charge in [-0.05, 0) is 23.0 Å². The summed E-state index contributed by atoms with van der Waals surface area (Å²) >= 11 is 0. The maximum absolute atomic E-state index is 5.54. The Morgan fingerprint density at radius 2 is 1.69 bits per heavy atom. The third kappa shape index (κ3) is 2.31. The molecule has 0 bridgehead atoms. The van der Waals surface area contributed by atoms with Gasteiger partial charge < -0.3 is 5.73 Å². The molecule has 1 heteroatoms. The minimum atomic E-state index is 0.285. The number of hydrogen-bond donors (Lipinski definition) is 1. The molecule has 0 aromatic heterocycles. The van der Waals surface area contributed by atoms with Crippen LogP contribution in [0.2, 0.25) is 0 Å². The molecule has 0 radical (unpaired) electrons. The number of hydrogen-bond acceptors (Lipinski definition) is 1. The molecule has 0 saturated heterocycles. The van der Waals surface area contributed by atoms with Crippen LogP contribution >= 0.6 is 0 Å². The van der Waals surface area contributed by atoms with Crippen LogP contribution in [0.25, 0.3) is 0 Å². The maximum Gasteiger partial charge on any atom is 0.0178 e. The smallest absolute Gasteiger partial charge is 0.0178 e. The highest BCUT2D eigenvalue weighted by Crippen LogP contribution is 2.26. The van der Waals surface area contributed by atoms with Gasteiger partial charge in [0.2, 0.25) is 0 Å². The Kier molecular flexibility index (Phi) is 3.10. The average Bonchev–Trinajstić information content (AvgIpc) is 2.18. The molecule has 0 saturated carbocycles. The van der Waals surface area contributed by atoms with Crippen LogP contribution in [0, 0.1) is 0 Å². The van der Waals surface area contributed by atoms with E-state index < -0.39 is 0 Å². The fraction of sp³-hybridized carbons (Fsp3) is 0.500. The fourth-order valence-electron chi connectivity index (χ4n) is 1.30. The molecule has 13 heavy (non-hydrogen) atoms. The van der Waals surface area contributed by atoms with Crippen molar-refractivity contribution in [2.75, 3.05) is 0 Å². The van der Waals surface area contributed by atoms with Gasteiger partial charge >= 0.3 is 0 Å². The first kappa shape index (κ1) is 10.3. The molecule has 0 aliphatic heterocycles. The summed E-state index contributed by atoms with van der Waals surface area (Å²) in [6.45, 7) is 7.39. The average molecular weight is 177 g/mol. The molecule has 0 spiro atoms. The van der Waals surface area contributed by atoms with E-state index in [0.29, 0.717) is 6.54 Å². The van der Waals surface area contributed by atoms with E-state index in [0.717, 1.165) is 6.42 Å². The summed E-state index contributed by atoms with van der Waals surface area (Å²) in [6, 6.07) is 8.61. The normalized spacial score (nSPS) is 11.7. The topological polar surface area (TPSA) is 26.0 Å². The van der Waals surface area contributed by atoms with Crippen molar-refractivity contribution in [3.8, 4) is 0 Å². The van der Waals surface area contributed by atoms with E-state index in [9.17, 15) is 0 Å². The third-order valence-corrected chi connectivity index (χ3v) is 2.85. The predicted molar refractivity (Wildman–Crippen MR) is 57.7 cm³/mol. The van der Waals surface area contributed by atoms with Gasteiger partial charge in [0, 0.05) is 6.54 Å². The van der Waals surface area contributed by atoms with Crippen molar-refractivity contribution in [1.82, 2.24) is 0 Å². The first-order valence-corrected chi connectivity index (χ1v) is 4.89. The first-order chi connectivity index (χ1) is 6.10. The highest BCUT2D eigenvalue weighted by atomic mass is 14.5. The van der Waals surface area contributed by atoms with Gasteiger partial charge in [-0.1, -0.05) is 45.0 Å². The molecule has 1 nitrogen and oxygen atoms in total. The van der Waals surface area contributed by atoms with Gasteiger partial charge in [-0.3, -0.25) is 0 Å². The Balaban J connectivity index is 2.92. The number of nitrogens with two attached hydrogens (primary N) is 1. The highest BCUT2D eigenvalue weighted by molar-refractivity contribution is 5.27. The van der Waals surface area contributed by atoms with Crippen molar-refractivity contribution in [2.45, 2.75) is 39.2 Å². The van der Waals surface area contributed by atoms with Gasteiger partial charge in [0.05, 0.1) is 0 Å². The van der Waals surface area contributed by atoms with E-state index in [1.54, 1.807) is 0 Å². The molecule has 0 unspecified atom stereocenters. The van der Waals surface area contributed by atoms with Crippen LogP contribution in [0.1, 0.15) is 38.3 Å². The van der Waals surface area contributed by atoms with Crippen LogP contribution in [0.3, 0.4) is 0 Å². The molecule has 72 valence electrons. The van der Waals surface area contributed by atoms with Crippen molar-refractivity contribution in [2.24, 2.45) is 5.73 Å². The number of rotatable bonds is 3. The van der Waals surface area contributed by atoms with Gasteiger partial charge in [0.15, 0.2) is 0 Å². The standard InChI is InChI=1S/C12H19N/c1-4-12(2,3)11-7-5-10(9-13)6-8-11/h5-8H,4,9,13H2,1-3H3. The Hall–Kier alpha value is -0.820. The molecule has 1 rings (SSSR count). The van der Waals surface area contributed by atoms with Crippen molar-refractivity contribution in [1.29, 1.82) is 0 Å². The lowest BCUT2D eigenvalue weighted by Gasteiger charge is -2.23. The summed E-state index contributed by atoms with van der Waals surface area (Å²) in [6.07, 6.45) is 1.16. The lowest BCUT2D eigenvalue weighted by Crippen LogP contribution is -2.15. The van der Waals surface area contributed by atoms with Crippen molar-refractivity contribution >= 4 is 0 Å². The second-order valence-electron chi connectivity index (χ2n) is 4.14. The van der Waals surface area contributed by atoms with Crippen LogP contribution in [0.5, 0.6) is 0 Å². The molecule has 2 N–H and O–H groups in total. The van der Waals surface area contributed by atoms with E-state index in [2.05, 4.69) is 45.0 Å². The van der Waals surface area contributed by atoms with Gasteiger partial charge in [0.1, 0.15) is 0 Å². The Bertz CT molecular complexity index is 259. The van der Waals surface area contributed by atoms with Crippen LogP contribution in [0.15, 0.2) is 24.3 Å². The van der Waals surface area contributed by atoms with Crippen molar-refractivity contribution in [3.63, 3.8) is 0 Å². The molecular formula is C12H19N. The first-order valence-electron chi connectivity index (χ1n) is 4.89. The third-order valence-electron chi connectivity index (χ3n) is 2.85. The van der Waals surface area contributed by atoms with Gasteiger partial charge in [-0.2, -0.15) is 0 Å². The summed E-state index contributed by atoms with van der Waals surface area (Å²) in [7, 11) is 0. The molecule has 0 atom stereocenters.